The van der Waals surface area contributed by atoms with Crippen LogP contribution in [0, 0.1) is 13.8 Å². The molecule has 0 atom stereocenters. The van der Waals surface area contributed by atoms with Crippen molar-refractivity contribution < 1.29 is 9.63 Å². The maximum atomic E-state index is 13.0. The smallest absolute Gasteiger partial charge is 0.254 e. The van der Waals surface area contributed by atoms with E-state index in [0.717, 1.165) is 22.3 Å². The Labute approximate surface area is 167 Å². The first kappa shape index (κ1) is 23.2. The van der Waals surface area contributed by atoms with E-state index in [-0.39, 0.29) is 5.91 Å². The van der Waals surface area contributed by atoms with E-state index in [1.54, 1.807) is 25.1 Å². The molecule has 0 aliphatic carbocycles. The van der Waals surface area contributed by atoms with Crippen LogP contribution in [0.5, 0.6) is 0 Å². The Balaban J connectivity index is 3.10. The van der Waals surface area contributed by atoms with E-state index in [4.69, 9.17) is 4.84 Å². The number of hydrogen-bond acceptors (Lipinski definition) is 5. The van der Waals surface area contributed by atoms with Gasteiger partial charge >= 0.3 is 0 Å². The predicted molar refractivity (Wildman–Crippen MR) is 117 cm³/mol. The number of benzene rings is 1. The Morgan fingerprint density at radius 3 is 2.50 bits per heavy atom. The summed E-state index contributed by atoms with van der Waals surface area (Å²) in [4.78, 5) is 28.2. The number of carbonyl (C=O) groups excluding carboxylic acids is 1. The number of oxime groups is 1. The predicted octanol–water partition coefficient (Wildman–Crippen LogP) is 2.99. The van der Waals surface area contributed by atoms with Gasteiger partial charge in [-0.15, -0.1) is 0 Å². The van der Waals surface area contributed by atoms with E-state index >= 15 is 0 Å². The van der Waals surface area contributed by atoms with Gasteiger partial charge in [-0.1, -0.05) is 23.4 Å². The second-order valence-corrected chi connectivity index (χ2v) is 6.45. The molecule has 1 amide bonds. The van der Waals surface area contributed by atoms with E-state index < -0.39 is 0 Å². The van der Waals surface area contributed by atoms with Crippen LogP contribution in [-0.4, -0.2) is 63.4 Å². The molecule has 0 saturated carbocycles. The second-order valence-electron chi connectivity index (χ2n) is 6.45. The summed E-state index contributed by atoms with van der Waals surface area (Å²) in [5, 5.41) is 7.00. The van der Waals surface area contributed by atoms with Gasteiger partial charge in [-0.3, -0.25) is 9.79 Å². The minimum Gasteiger partial charge on any atom is -0.393 e. The first-order valence-electron chi connectivity index (χ1n) is 9.19. The summed E-state index contributed by atoms with van der Waals surface area (Å²) in [6.45, 7) is 12.6. The molecule has 1 aromatic carbocycles. The molecule has 0 aliphatic rings. The van der Waals surface area contributed by atoms with Crippen molar-refractivity contribution in [2.75, 3.05) is 33.8 Å². The highest BCUT2D eigenvalue weighted by Crippen LogP contribution is 2.17. The van der Waals surface area contributed by atoms with Crippen LogP contribution in [0.1, 0.15) is 35.3 Å². The van der Waals surface area contributed by atoms with Gasteiger partial charge < -0.3 is 15.1 Å². The third-order valence-electron chi connectivity index (χ3n) is 4.13. The number of aliphatic imine (C=N–C) groups is 2. The van der Waals surface area contributed by atoms with Gasteiger partial charge in [0.15, 0.2) is 0 Å². The minimum absolute atomic E-state index is 0.0369. The summed E-state index contributed by atoms with van der Waals surface area (Å²) < 4.78 is 0. The lowest BCUT2D eigenvalue weighted by Crippen LogP contribution is -2.30. The molecule has 1 aromatic rings. The summed E-state index contributed by atoms with van der Waals surface area (Å²) in [5.74, 6) is 0.254. The molecule has 7 nitrogen and oxygen atoms in total. The number of amidine groups is 1. The molecule has 0 radical (unpaired) electrons. The van der Waals surface area contributed by atoms with Gasteiger partial charge in [-0.05, 0) is 58.2 Å². The summed E-state index contributed by atoms with van der Waals surface area (Å²) in [6.07, 6.45) is 1.65. The maximum Gasteiger partial charge on any atom is 0.254 e. The van der Waals surface area contributed by atoms with Crippen LogP contribution in [0.3, 0.4) is 0 Å². The molecule has 0 bridgehead atoms. The number of nitrogens with one attached hydrogen (secondary N) is 1. The molecule has 1 N–H and O–H groups in total. The maximum absolute atomic E-state index is 13.0. The molecule has 0 aliphatic heterocycles. The van der Waals surface area contributed by atoms with Crippen molar-refractivity contribution in [2.45, 2.75) is 27.7 Å². The molecule has 28 heavy (non-hydrogen) atoms. The Bertz CT molecular complexity index is 761. The molecular formula is C21H31N5O2. The lowest BCUT2D eigenvalue weighted by molar-refractivity contribution is 0.0805. The van der Waals surface area contributed by atoms with Crippen LogP contribution in [0.2, 0.25) is 0 Å². The zero-order chi connectivity index (χ0) is 21.1. The Morgan fingerprint density at radius 1 is 1.32 bits per heavy atom. The van der Waals surface area contributed by atoms with Crippen molar-refractivity contribution in [1.29, 1.82) is 0 Å². The van der Waals surface area contributed by atoms with Gasteiger partial charge in [-0.25, -0.2) is 4.99 Å². The van der Waals surface area contributed by atoms with Crippen molar-refractivity contribution in [3.63, 3.8) is 0 Å². The molecular weight excluding hydrogens is 354 g/mol. The zero-order valence-corrected chi connectivity index (χ0v) is 17.7. The SMILES string of the molecule is C=NC(=N\OCCNC)/C(N=CC)=C(/C)CN(C)C(=O)c1c(C)cccc1C. The highest BCUT2D eigenvalue weighted by atomic mass is 16.6. The van der Waals surface area contributed by atoms with Gasteiger partial charge in [0.05, 0.1) is 0 Å². The Morgan fingerprint density at radius 2 is 1.96 bits per heavy atom. The second kappa shape index (κ2) is 11.8. The van der Waals surface area contributed by atoms with Crippen LogP contribution in [0.4, 0.5) is 0 Å². The first-order chi connectivity index (χ1) is 13.4. The molecule has 0 heterocycles. The molecule has 1 rings (SSSR count). The molecule has 0 spiro atoms. The normalized spacial score (nSPS) is 12.7. The first-order valence-corrected chi connectivity index (χ1v) is 9.19. The fraction of sp³-hybridized carbons (Fsp3) is 0.429. The molecule has 0 fully saturated rings. The number of aryl methyl sites for hydroxylation is 2. The van der Waals surface area contributed by atoms with Gasteiger partial charge in [0.25, 0.3) is 5.91 Å². The average Bonchev–Trinajstić information content (AvgIpc) is 2.66. The molecule has 0 unspecified atom stereocenters. The van der Waals surface area contributed by atoms with Crippen molar-refractivity contribution in [1.82, 2.24) is 10.2 Å². The molecule has 0 aromatic heterocycles. The molecule has 0 saturated heterocycles. The molecule has 152 valence electrons. The summed E-state index contributed by atoms with van der Waals surface area (Å²) in [5.41, 5.74) is 4.02. The van der Waals surface area contributed by atoms with E-state index in [2.05, 4.69) is 27.2 Å². The number of likely N-dealkylation sites (N-methyl/N-ethyl adjacent to an activating group) is 2. The van der Waals surface area contributed by atoms with Crippen LogP contribution in [-0.2, 0) is 4.84 Å². The molecule has 7 heteroatoms. The van der Waals surface area contributed by atoms with Gasteiger partial charge in [0.1, 0.15) is 12.3 Å². The lowest BCUT2D eigenvalue weighted by atomic mass is 10.0. The highest BCUT2D eigenvalue weighted by molar-refractivity contribution is 6.02. The third-order valence-corrected chi connectivity index (χ3v) is 4.13. The van der Waals surface area contributed by atoms with Crippen LogP contribution >= 0.6 is 0 Å². The highest BCUT2D eigenvalue weighted by Gasteiger charge is 2.18. The number of rotatable bonds is 9. The van der Waals surface area contributed by atoms with Crippen LogP contribution in [0.15, 0.2) is 44.6 Å². The number of carbonyl (C=O) groups is 1. The number of amides is 1. The van der Waals surface area contributed by atoms with Gasteiger partial charge in [0.2, 0.25) is 5.84 Å². The average molecular weight is 386 g/mol. The van der Waals surface area contributed by atoms with Crippen molar-refractivity contribution >= 4 is 24.7 Å². The standard InChI is InChI=1S/C21H31N5O2/c1-8-24-19(20(23-6)25-28-13-12-22-5)17(4)14-26(7)21(27)18-15(2)10-9-11-16(18)3/h8-11,22H,6,12-14H2,1-5,7H3/b19-17+,24-8?,25-20-. The summed E-state index contributed by atoms with van der Waals surface area (Å²) in [7, 11) is 3.60. The quantitative estimate of drug-likeness (QED) is 0.307. The topological polar surface area (TPSA) is 78.7 Å². The Kier molecular flexibility index (Phi) is 9.81. The summed E-state index contributed by atoms with van der Waals surface area (Å²) in [6, 6.07) is 5.84. The van der Waals surface area contributed by atoms with E-state index in [0.29, 0.717) is 31.2 Å². The van der Waals surface area contributed by atoms with E-state index in [9.17, 15) is 4.79 Å². The van der Waals surface area contributed by atoms with Crippen molar-refractivity contribution in [3.05, 3.63) is 46.2 Å². The van der Waals surface area contributed by atoms with Gasteiger partial charge in [0, 0.05) is 31.9 Å². The fourth-order valence-corrected chi connectivity index (χ4v) is 2.73. The minimum atomic E-state index is -0.0369. The van der Waals surface area contributed by atoms with E-state index in [1.165, 1.54) is 0 Å². The lowest BCUT2D eigenvalue weighted by Gasteiger charge is -2.21. The Hall–Kier alpha value is -2.80. The fourth-order valence-electron chi connectivity index (χ4n) is 2.73. The number of nitrogens with zero attached hydrogens (tertiary/aromatic N) is 4. The van der Waals surface area contributed by atoms with Gasteiger partial charge in [-0.2, -0.15) is 0 Å². The van der Waals surface area contributed by atoms with Crippen LogP contribution in [0.25, 0.3) is 0 Å². The van der Waals surface area contributed by atoms with Crippen molar-refractivity contribution in [3.8, 4) is 0 Å². The van der Waals surface area contributed by atoms with Crippen molar-refractivity contribution in [2.24, 2.45) is 15.1 Å². The zero-order valence-electron chi connectivity index (χ0n) is 17.7. The van der Waals surface area contributed by atoms with Crippen LogP contribution < -0.4 is 5.32 Å². The van der Waals surface area contributed by atoms with E-state index in [1.807, 2.05) is 46.0 Å². The third kappa shape index (κ3) is 6.42. The monoisotopic (exact) mass is 385 g/mol. The summed E-state index contributed by atoms with van der Waals surface area (Å²) >= 11 is 0. The largest absolute Gasteiger partial charge is 0.393 e. The number of hydrogen-bond donors (Lipinski definition) is 1.